The number of rotatable bonds is 4. The van der Waals surface area contributed by atoms with Gasteiger partial charge in [0.2, 0.25) is 0 Å². The van der Waals surface area contributed by atoms with E-state index in [0.717, 1.165) is 16.9 Å². The highest BCUT2D eigenvalue weighted by atomic mass is 16.4. The molecule has 0 aliphatic carbocycles. The smallest absolute Gasteiger partial charge is 0.335 e. The van der Waals surface area contributed by atoms with Crippen LogP contribution in [0.1, 0.15) is 15.9 Å². The van der Waals surface area contributed by atoms with Gasteiger partial charge in [0.15, 0.2) is 5.84 Å². The maximum absolute atomic E-state index is 11.0. The molecule has 0 aromatic heterocycles. The summed E-state index contributed by atoms with van der Waals surface area (Å²) in [6.07, 6.45) is 0. The summed E-state index contributed by atoms with van der Waals surface area (Å²) < 4.78 is 0. The average Bonchev–Trinajstić information content (AvgIpc) is 3.15. The molecule has 0 saturated carbocycles. The van der Waals surface area contributed by atoms with Crippen molar-refractivity contribution in [1.29, 1.82) is 0 Å². The second-order valence-electron chi connectivity index (χ2n) is 5.72. The Bertz CT molecular complexity index is 941. The van der Waals surface area contributed by atoms with Crippen LogP contribution in [0.4, 0.5) is 11.4 Å². The van der Waals surface area contributed by atoms with Gasteiger partial charge in [-0.2, -0.15) is 10.2 Å². The molecule has 6 heteroatoms. The maximum atomic E-state index is 11.0. The lowest BCUT2D eigenvalue weighted by atomic mass is 10.1. The lowest BCUT2D eigenvalue weighted by molar-refractivity contribution is 0.0697. The van der Waals surface area contributed by atoms with Crippen molar-refractivity contribution in [2.75, 3.05) is 10.2 Å². The minimum absolute atomic E-state index is 0.243. The summed E-state index contributed by atoms with van der Waals surface area (Å²) in [5, 5.41) is 17.4. The van der Waals surface area contributed by atoms with Gasteiger partial charge in [-0.05, 0) is 36.4 Å². The SMILES string of the molecule is O=C(O)c1ccc(C2=NN(c3ccccc3)N(c3ccccc3)N2)cc1. The van der Waals surface area contributed by atoms with Crippen molar-refractivity contribution in [2.45, 2.75) is 0 Å². The van der Waals surface area contributed by atoms with Crippen molar-refractivity contribution in [3.63, 3.8) is 0 Å². The van der Waals surface area contributed by atoms with Gasteiger partial charge in [-0.25, -0.2) is 4.79 Å². The van der Waals surface area contributed by atoms with Crippen LogP contribution in [0.5, 0.6) is 0 Å². The molecule has 6 nitrogen and oxygen atoms in total. The van der Waals surface area contributed by atoms with Crippen LogP contribution in [0, 0.1) is 0 Å². The first-order valence-corrected chi connectivity index (χ1v) is 8.11. The zero-order valence-electron chi connectivity index (χ0n) is 13.8. The third-order valence-electron chi connectivity index (χ3n) is 3.99. The first-order valence-electron chi connectivity index (χ1n) is 8.11. The fourth-order valence-corrected chi connectivity index (χ4v) is 2.68. The second-order valence-corrected chi connectivity index (χ2v) is 5.72. The molecule has 1 aliphatic rings. The fourth-order valence-electron chi connectivity index (χ4n) is 2.68. The molecular formula is C20H16N4O2. The molecule has 2 N–H and O–H groups in total. The molecule has 0 radical (unpaired) electrons. The van der Waals surface area contributed by atoms with E-state index in [1.54, 1.807) is 29.4 Å². The van der Waals surface area contributed by atoms with Gasteiger partial charge in [0, 0.05) is 5.56 Å². The average molecular weight is 344 g/mol. The summed E-state index contributed by atoms with van der Waals surface area (Å²) in [5.74, 6) is -0.315. The van der Waals surface area contributed by atoms with Crippen molar-refractivity contribution < 1.29 is 9.90 Å². The molecule has 3 aromatic carbocycles. The first-order chi connectivity index (χ1) is 12.7. The number of aromatic carboxylic acids is 1. The minimum atomic E-state index is -0.949. The molecule has 0 spiro atoms. The van der Waals surface area contributed by atoms with Gasteiger partial charge in [0.1, 0.15) is 0 Å². The van der Waals surface area contributed by atoms with Crippen LogP contribution in [-0.2, 0) is 0 Å². The van der Waals surface area contributed by atoms with E-state index in [9.17, 15) is 4.79 Å². The number of carbonyl (C=O) groups is 1. The first kappa shape index (κ1) is 15.7. The zero-order chi connectivity index (χ0) is 17.9. The number of nitrogens with one attached hydrogen (secondary N) is 1. The Kier molecular flexibility index (Phi) is 3.99. The van der Waals surface area contributed by atoms with Gasteiger partial charge in [-0.15, -0.1) is 5.10 Å². The molecule has 0 atom stereocenters. The van der Waals surface area contributed by atoms with Gasteiger partial charge in [0.25, 0.3) is 0 Å². The predicted molar refractivity (Wildman–Crippen MR) is 101 cm³/mol. The van der Waals surface area contributed by atoms with E-state index in [0.29, 0.717) is 5.84 Å². The molecule has 1 aliphatic heterocycles. The number of nitrogens with zero attached hydrogens (tertiary/aromatic N) is 3. The van der Waals surface area contributed by atoms with Gasteiger partial charge in [0.05, 0.1) is 16.9 Å². The van der Waals surface area contributed by atoms with E-state index in [4.69, 9.17) is 5.11 Å². The molecule has 0 fully saturated rings. The van der Waals surface area contributed by atoms with E-state index in [-0.39, 0.29) is 5.56 Å². The van der Waals surface area contributed by atoms with Crippen LogP contribution in [0.3, 0.4) is 0 Å². The Balaban J connectivity index is 1.71. The fraction of sp³-hybridized carbons (Fsp3) is 0. The summed E-state index contributed by atoms with van der Waals surface area (Å²) in [5.41, 5.74) is 6.16. The lowest BCUT2D eigenvalue weighted by Crippen LogP contribution is -2.44. The van der Waals surface area contributed by atoms with Crippen LogP contribution in [-0.4, -0.2) is 16.9 Å². The summed E-state index contributed by atoms with van der Waals surface area (Å²) in [4.78, 5) is 11.0. The van der Waals surface area contributed by atoms with Crippen LogP contribution >= 0.6 is 0 Å². The van der Waals surface area contributed by atoms with E-state index >= 15 is 0 Å². The Morgan fingerprint density at radius 3 is 1.96 bits per heavy atom. The number of benzene rings is 3. The van der Waals surface area contributed by atoms with Crippen LogP contribution < -0.4 is 15.7 Å². The number of hydrazine groups is 2. The van der Waals surface area contributed by atoms with Crippen molar-refractivity contribution in [3.8, 4) is 0 Å². The largest absolute Gasteiger partial charge is 0.478 e. The Hall–Kier alpha value is -3.80. The van der Waals surface area contributed by atoms with Gasteiger partial charge in [-0.1, -0.05) is 48.5 Å². The molecule has 0 saturated heterocycles. The van der Waals surface area contributed by atoms with E-state index in [1.165, 1.54) is 0 Å². The minimum Gasteiger partial charge on any atom is -0.478 e. The number of carboxylic acids is 1. The molecule has 1 heterocycles. The van der Waals surface area contributed by atoms with Crippen molar-refractivity contribution >= 4 is 23.2 Å². The van der Waals surface area contributed by atoms with E-state index in [2.05, 4.69) is 10.5 Å². The third kappa shape index (κ3) is 2.95. The predicted octanol–water partition coefficient (Wildman–Crippen LogP) is 3.49. The second kappa shape index (κ2) is 6.60. The monoisotopic (exact) mass is 344 g/mol. The number of anilines is 2. The van der Waals surface area contributed by atoms with Gasteiger partial charge in [-0.3, -0.25) is 5.43 Å². The Labute approximate surface area is 150 Å². The van der Waals surface area contributed by atoms with Gasteiger partial charge < -0.3 is 5.11 Å². The highest BCUT2D eigenvalue weighted by Crippen LogP contribution is 2.25. The van der Waals surface area contributed by atoms with Crippen LogP contribution in [0.15, 0.2) is 90.0 Å². The van der Waals surface area contributed by atoms with Crippen LogP contribution in [0.2, 0.25) is 0 Å². The molecule has 128 valence electrons. The summed E-state index contributed by atoms with van der Waals surface area (Å²) in [7, 11) is 0. The number of para-hydroxylation sites is 2. The van der Waals surface area contributed by atoms with Crippen molar-refractivity contribution in [3.05, 3.63) is 96.1 Å². The normalized spacial score (nSPS) is 13.3. The molecule has 0 bridgehead atoms. The summed E-state index contributed by atoms with van der Waals surface area (Å²) in [6, 6.07) is 26.3. The molecule has 0 unspecified atom stereocenters. The summed E-state index contributed by atoms with van der Waals surface area (Å²) in [6.45, 7) is 0. The number of hydrogen-bond acceptors (Lipinski definition) is 5. The number of hydrazone groups is 1. The highest BCUT2D eigenvalue weighted by Gasteiger charge is 2.26. The van der Waals surface area contributed by atoms with Crippen molar-refractivity contribution in [2.24, 2.45) is 5.10 Å². The quantitative estimate of drug-likeness (QED) is 0.758. The van der Waals surface area contributed by atoms with E-state index < -0.39 is 5.97 Å². The number of carboxylic acid groups (broad SMARTS) is 1. The highest BCUT2D eigenvalue weighted by molar-refractivity contribution is 6.02. The standard InChI is InChI=1S/C20H16N4O2/c25-20(26)16-13-11-15(12-14-16)19-21-23(17-7-3-1-4-8-17)24(22-19)18-9-5-2-6-10-18/h1-14H,(H,21,22)(H,25,26). The Morgan fingerprint density at radius 1 is 0.808 bits per heavy atom. The zero-order valence-corrected chi connectivity index (χ0v) is 13.8. The molecular weight excluding hydrogens is 328 g/mol. The van der Waals surface area contributed by atoms with Gasteiger partial charge >= 0.3 is 5.97 Å². The molecule has 3 aromatic rings. The maximum Gasteiger partial charge on any atom is 0.335 e. The lowest BCUT2D eigenvalue weighted by Gasteiger charge is -2.27. The topological polar surface area (TPSA) is 68.2 Å². The van der Waals surface area contributed by atoms with Crippen LogP contribution in [0.25, 0.3) is 0 Å². The molecule has 4 rings (SSSR count). The number of hydrogen-bond donors (Lipinski definition) is 2. The van der Waals surface area contributed by atoms with Crippen molar-refractivity contribution in [1.82, 2.24) is 5.43 Å². The third-order valence-corrected chi connectivity index (χ3v) is 3.99. The molecule has 26 heavy (non-hydrogen) atoms. The number of amidine groups is 1. The molecule has 0 amide bonds. The van der Waals surface area contributed by atoms with E-state index in [1.807, 2.05) is 65.8 Å². The Morgan fingerprint density at radius 2 is 1.38 bits per heavy atom. The summed E-state index contributed by atoms with van der Waals surface area (Å²) >= 11 is 0.